The lowest BCUT2D eigenvalue weighted by Crippen LogP contribution is -2.30. The SMILES string of the molecule is CCCCC/C=C/C=C/C(C/C=C\CCCCC(=O)OC)O[Si](C)(C)C. The van der Waals surface area contributed by atoms with Crippen molar-refractivity contribution < 1.29 is 14.0 Å². The van der Waals surface area contributed by atoms with E-state index in [1.807, 2.05) is 0 Å². The zero-order chi connectivity index (χ0) is 19.7. The normalized spacial score (nSPS) is 13.9. The summed E-state index contributed by atoms with van der Waals surface area (Å²) < 4.78 is 10.9. The number of rotatable bonds is 15. The van der Waals surface area contributed by atoms with Gasteiger partial charge in [0.1, 0.15) is 0 Å². The van der Waals surface area contributed by atoms with Crippen LogP contribution in [0.3, 0.4) is 0 Å². The molecule has 0 aromatic carbocycles. The van der Waals surface area contributed by atoms with E-state index >= 15 is 0 Å². The lowest BCUT2D eigenvalue weighted by atomic mass is 10.1. The van der Waals surface area contributed by atoms with Gasteiger partial charge in [0.15, 0.2) is 8.32 Å². The van der Waals surface area contributed by atoms with Gasteiger partial charge in [0, 0.05) is 6.42 Å². The topological polar surface area (TPSA) is 35.5 Å². The Labute approximate surface area is 162 Å². The molecule has 1 unspecified atom stereocenters. The van der Waals surface area contributed by atoms with Gasteiger partial charge in [-0.2, -0.15) is 0 Å². The lowest BCUT2D eigenvalue weighted by molar-refractivity contribution is -0.140. The number of hydrogen-bond acceptors (Lipinski definition) is 3. The van der Waals surface area contributed by atoms with Crippen LogP contribution < -0.4 is 0 Å². The van der Waals surface area contributed by atoms with Crippen molar-refractivity contribution in [2.45, 2.75) is 90.5 Å². The Morgan fingerprint density at radius 2 is 1.65 bits per heavy atom. The first-order valence-electron chi connectivity index (χ1n) is 10.1. The molecule has 0 spiro atoms. The summed E-state index contributed by atoms with van der Waals surface area (Å²) in [6, 6.07) is 0. The van der Waals surface area contributed by atoms with E-state index in [1.165, 1.54) is 26.4 Å². The first-order chi connectivity index (χ1) is 12.4. The van der Waals surface area contributed by atoms with E-state index in [0.717, 1.165) is 32.1 Å². The Hall–Kier alpha value is -1.13. The molecule has 0 aliphatic carbocycles. The molecule has 0 radical (unpaired) electrons. The minimum atomic E-state index is -1.57. The molecule has 150 valence electrons. The molecule has 3 nitrogen and oxygen atoms in total. The highest BCUT2D eigenvalue weighted by molar-refractivity contribution is 6.69. The van der Waals surface area contributed by atoms with E-state index in [1.54, 1.807) is 0 Å². The van der Waals surface area contributed by atoms with E-state index < -0.39 is 8.32 Å². The smallest absolute Gasteiger partial charge is 0.305 e. The van der Waals surface area contributed by atoms with Crippen LogP contribution in [-0.2, 0) is 14.0 Å². The van der Waals surface area contributed by atoms with Gasteiger partial charge in [0.25, 0.3) is 0 Å². The molecule has 0 fully saturated rings. The molecule has 0 bridgehead atoms. The number of carbonyl (C=O) groups is 1. The minimum Gasteiger partial charge on any atom is -0.469 e. The largest absolute Gasteiger partial charge is 0.469 e. The average molecular weight is 381 g/mol. The summed E-state index contributed by atoms with van der Waals surface area (Å²) in [5.74, 6) is -0.120. The zero-order valence-electron chi connectivity index (χ0n) is 17.6. The van der Waals surface area contributed by atoms with Crippen molar-refractivity contribution in [2.75, 3.05) is 7.11 Å². The second-order valence-corrected chi connectivity index (χ2v) is 12.1. The van der Waals surface area contributed by atoms with Gasteiger partial charge in [-0.15, -0.1) is 0 Å². The first kappa shape index (κ1) is 24.9. The fourth-order valence-electron chi connectivity index (χ4n) is 2.48. The predicted molar refractivity (Wildman–Crippen MR) is 115 cm³/mol. The maximum absolute atomic E-state index is 11.1. The zero-order valence-corrected chi connectivity index (χ0v) is 18.6. The number of carbonyl (C=O) groups excluding carboxylic acids is 1. The van der Waals surface area contributed by atoms with Crippen LogP contribution in [0.1, 0.15) is 64.7 Å². The molecule has 26 heavy (non-hydrogen) atoms. The molecule has 0 saturated heterocycles. The fraction of sp³-hybridized carbons (Fsp3) is 0.682. The predicted octanol–water partition coefficient (Wildman–Crippen LogP) is 6.58. The van der Waals surface area contributed by atoms with Crippen LogP contribution in [0.4, 0.5) is 0 Å². The standard InChI is InChI=1S/C22H40O3Si/c1-6-7-8-9-10-12-15-18-21(25-26(3,4)5)19-16-13-11-14-17-20-22(23)24-2/h10,12-13,15-16,18,21H,6-9,11,14,17,19-20H2,1-5H3/b12-10+,16-13-,18-15+. The molecule has 0 aromatic rings. The fourth-order valence-corrected chi connectivity index (χ4v) is 3.56. The van der Waals surface area contributed by atoms with Crippen LogP contribution in [-0.4, -0.2) is 27.5 Å². The van der Waals surface area contributed by atoms with Gasteiger partial charge >= 0.3 is 5.97 Å². The van der Waals surface area contributed by atoms with Gasteiger partial charge in [-0.25, -0.2) is 0 Å². The lowest BCUT2D eigenvalue weighted by Gasteiger charge is -2.23. The molecule has 0 aliphatic rings. The molecule has 0 heterocycles. The number of hydrogen-bond donors (Lipinski definition) is 0. The van der Waals surface area contributed by atoms with Crippen LogP contribution in [0.2, 0.25) is 19.6 Å². The van der Waals surface area contributed by atoms with Gasteiger partial charge in [-0.05, 0) is 58.2 Å². The number of esters is 1. The third-order valence-electron chi connectivity index (χ3n) is 3.82. The van der Waals surface area contributed by atoms with Crippen molar-refractivity contribution in [3.05, 3.63) is 36.5 Å². The van der Waals surface area contributed by atoms with Gasteiger partial charge < -0.3 is 9.16 Å². The Kier molecular flexibility index (Phi) is 15.4. The van der Waals surface area contributed by atoms with Crippen molar-refractivity contribution in [1.29, 1.82) is 0 Å². The van der Waals surface area contributed by atoms with E-state index in [0.29, 0.717) is 6.42 Å². The molecule has 0 saturated carbocycles. The summed E-state index contributed by atoms with van der Waals surface area (Å²) in [6.45, 7) is 8.91. The van der Waals surface area contributed by atoms with E-state index in [-0.39, 0.29) is 12.1 Å². The third-order valence-corrected chi connectivity index (χ3v) is 4.83. The first-order valence-corrected chi connectivity index (χ1v) is 13.5. The summed E-state index contributed by atoms with van der Waals surface area (Å²) in [4.78, 5) is 11.1. The highest BCUT2D eigenvalue weighted by atomic mass is 28.4. The third kappa shape index (κ3) is 17.7. The van der Waals surface area contributed by atoms with Gasteiger partial charge in [0.2, 0.25) is 0 Å². The Morgan fingerprint density at radius 3 is 2.31 bits per heavy atom. The van der Waals surface area contributed by atoms with Gasteiger partial charge in [-0.1, -0.05) is 56.2 Å². The quantitative estimate of drug-likeness (QED) is 0.106. The molecule has 4 heteroatoms. The molecular formula is C22H40O3Si. The Balaban J connectivity index is 4.21. The molecule has 0 N–H and O–H groups in total. The summed E-state index contributed by atoms with van der Waals surface area (Å²) in [7, 11) is -0.126. The van der Waals surface area contributed by atoms with Crippen LogP contribution in [0.15, 0.2) is 36.5 Å². The van der Waals surface area contributed by atoms with Crippen molar-refractivity contribution >= 4 is 14.3 Å². The monoisotopic (exact) mass is 380 g/mol. The molecule has 1 atom stereocenters. The summed E-state index contributed by atoms with van der Waals surface area (Å²) in [6.07, 6.45) is 22.6. The number of methoxy groups -OCH3 is 1. The van der Waals surface area contributed by atoms with Gasteiger partial charge in [-0.3, -0.25) is 4.79 Å². The van der Waals surface area contributed by atoms with E-state index in [2.05, 4.69) is 67.8 Å². The van der Waals surface area contributed by atoms with Crippen molar-refractivity contribution in [1.82, 2.24) is 0 Å². The molecule has 0 amide bonds. The maximum atomic E-state index is 11.1. The number of unbranched alkanes of at least 4 members (excludes halogenated alkanes) is 5. The van der Waals surface area contributed by atoms with E-state index in [9.17, 15) is 4.79 Å². The highest BCUT2D eigenvalue weighted by Crippen LogP contribution is 2.13. The van der Waals surface area contributed by atoms with Crippen molar-refractivity contribution in [3.8, 4) is 0 Å². The summed E-state index contributed by atoms with van der Waals surface area (Å²) in [5, 5.41) is 0. The van der Waals surface area contributed by atoms with Crippen LogP contribution in [0.5, 0.6) is 0 Å². The second kappa shape index (κ2) is 16.1. The molecule has 0 aromatic heterocycles. The second-order valence-electron chi connectivity index (χ2n) is 7.61. The van der Waals surface area contributed by atoms with Gasteiger partial charge in [0.05, 0.1) is 13.2 Å². The highest BCUT2D eigenvalue weighted by Gasteiger charge is 2.18. The Morgan fingerprint density at radius 1 is 0.962 bits per heavy atom. The summed E-state index contributed by atoms with van der Waals surface area (Å²) in [5.41, 5.74) is 0. The van der Waals surface area contributed by atoms with E-state index in [4.69, 9.17) is 4.43 Å². The van der Waals surface area contributed by atoms with Crippen LogP contribution in [0, 0.1) is 0 Å². The summed E-state index contributed by atoms with van der Waals surface area (Å²) >= 11 is 0. The number of ether oxygens (including phenoxy) is 1. The average Bonchev–Trinajstić information content (AvgIpc) is 2.58. The van der Waals surface area contributed by atoms with Crippen molar-refractivity contribution in [2.24, 2.45) is 0 Å². The molecule has 0 aliphatic heterocycles. The maximum Gasteiger partial charge on any atom is 0.305 e. The van der Waals surface area contributed by atoms with Crippen LogP contribution >= 0.6 is 0 Å². The molecule has 0 rings (SSSR count). The van der Waals surface area contributed by atoms with Crippen molar-refractivity contribution in [3.63, 3.8) is 0 Å². The Bertz CT molecular complexity index is 433. The number of allylic oxidation sites excluding steroid dienone is 4. The molecular weight excluding hydrogens is 340 g/mol. The minimum absolute atomic E-state index is 0.120. The van der Waals surface area contributed by atoms with Crippen LogP contribution in [0.25, 0.3) is 0 Å².